The number of aromatic nitrogens is 2. The molecule has 0 aromatic carbocycles. The second-order valence-corrected chi connectivity index (χ2v) is 4.01. The molecule has 1 unspecified atom stereocenters. The Morgan fingerprint density at radius 2 is 2.06 bits per heavy atom. The van der Waals surface area contributed by atoms with E-state index < -0.39 is 18.0 Å². The summed E-state index contributed by atoms with van der Waals surface area (Å²) in [5, 5.41) is 2.27. The monoisotopic (exact) mass is 241 g/mol. The molecule has 1 atom stereocenters. The Bertz CT molecular complexity index is 492. The molecule has 2 rings (SSSR count). The van der Waals surface area contributed by atoms with Gasteiger partial charge in [-0.1, -0.05) is 11.8 Å². The van der Waals surface area contributed by atoms with Crippen LogP contribution in [-0.2, 0) is 4.79 Å². The lowest BCUT2D eigenvalue weighted by Crippen LogP contribution is -2.40. The van der Waals surface area contributed by atoms with Crippen LogP contribution in [0.2, 0.25) is 0 Å². The molecule has 0 saturated carbocycles. The second kappa shape index (κ2) is 3.82. The molecule has 16 heavy (non-hydrogen) atoms. The van der Waals surface area contributed by atoms with E-state index in [0.29, 0.717) is 10.9 Å². The number of nitrogens with zero attached hydrogens (tertiary/aromatic N) is 2. The first-order valence-corrected chi connectivity index (χ1v) is 5.69. The van der Waals surface area contributed by atoms with Crippen molar-refractivity contribution in [2.75, 3.05) is 6.26 Å². The summed E-state index contributed by atoms with van der Waals surface area (Å²) in [6.45, 7) is 1.59. The minimum absolute atomic E-state index is 0.0601. The number of amides is 2. The fourth-order valence-corrected chi connectivity index (χ4v) is 1.90. The molecule has 1 N–H and O–H groups in total. The predicted molar refractivity (Wildman–Crippen MR) is 54.9 cm³/mol. The standard InChI is InChI=1S/C9H8FN3O2S/c1-3-4-6(12-9(11-3)16-2)5(10)8(15)13-7(4)14/h5H,1-2H3,(H,13,14,15). The minimum atomic E-state index is -1.90. The first-order chi connectivity index (χ1) is 7.54. The SMILES string of the molecule is CSc1nc(C)c2c(n1)C(F)C(=O)NC2=O. The van der Waals surface area contributed by atoms with Crippen LogP contribution in [0.15, 0.2) is 5.16 Å². The number of rotatable bonds is 1. The van der Waals surface area contributed by atoms with Gasteiger partial charge in [-0.2, -0.15) is 0 Å². The molecular weight excluding hydrogens is 233 g/mol. The van der Waals surface area contributed by atoms with Crippen LogP contribution in [0.3, 0.4) is 0 Å². The zero-order chi connectivity index (χ0) is 11.9. The molecule has 1 aromatic heterocycles. The maximum absolute atomic E-state index is 13.6. The van der Waals surface area contributed by atoms with Gasteiger partial charge in [0.2, 0.25) is 6.17 Å². The first-order valence-electron chi connectivity index (χ1n) is 4.46. The van der Waals surface area contributed by atoms with Gasteiger partial charge < -0.3 is 0 Å². The van der Waals surface area contributed by atoms with Crippen LogP contribution in [-0.4, -0.2) is 28.0 Å². The van der Waals surface area contributed by atoms with Gasteiger partial charge in [-0.3, -0.25) is 14.9 Å². The van der Waals surface area contributed by atoms with E-state index in [1.54, 1.807) is 13.2 Å². The van der Waals surface area contributed by atoms with Gasteiger partial charge in [-0.05, 0) is 13.2 Å². The van der Waals surface area contributed by atoms with Gasteiger partial charge in [-0.15, -0.1) is 0 Å². The molecule has 1 aliphatic heterocycles. The van der Waals surface area contributed by atoms with E-state index in [4.69, 9.17) is 0 Å². The van der Waals surface area contributed by atoms with Gasteiger partial charge in [0.05, 0.1) is 11.3 Å². The van der Waals surface area contributed by atoms with E-state index in [2.05, 4.69) is 9.97 Å². The first kappa shape index (κ1) is 11.0. The summed E-state index contributed by atoms with van der Waals surface area (Å²) in [5.41, 5.74) is 0.303. The summed E-state index contributed by atoms with van der Waals surface area (Å²) in [4.78, 5) is 30.5. The van der Waals surface area contributed by atoms with Gasteiger partial charge >= 0.3 is 0 Å². The van der Waals surface area contributed by atoms with Crippen molar-refractivity contribution in [3.63, 3.8) is 0 Å². The van der Waals surface area contributed by atoms with E-state index in [-0.39, 0.29) is 11.3 Å². The lowest BCUT2D eigenvalue weighted by molar-refractivity contribution is -0.125. The average molecular weight is 241 g/mol. The highest BCUT2D eigenvalue weighted by molar-refractivity contribution is 7.98. The van der Waals surface area contributed by atoms with Crippen molar-refractivity contribution in [2.24, 2.45) is 0 Å². The van der Waals surface area contributed by atoms with E-state index in [9.17, 15) is 14.0 Å². The Hall–Kier alpha value is -1.50. The molecule has 0 fully saturated rings. The maximum Gasteiger partial charge on any atom is 0.267 e. The number of halogens is 1. The zero-order valence-corrected chi connectivity index (χ0v) is 9.39. The van der Waals surface area contributed by atoms with Crippen molar-refractivity contribution < 1.29 is 14.0 Å². The van der Waals surface area contributed by atoms with Crippen LogP contribution < -0.4 is 5.32 Å². The molecule has 0 bridgehead atoms. The van der Waals surface area contributed by atoms with Gasteiger partial charge in [0, 0.05) is 0 Å². The van der Waals surface area contributed by atoms with Crippen molar-refractivity contribution in [3.05, 3.63) is 17.0 Å². The molecule has 2 amide bonds. The number of thioether (sulfide) groups is 1. The highest BCUT2D eigenvalue weighted by Gasteiger charge is 2.35. The topological polar surface area (TPSA) is 72.0 Å². The molecule has 2 heterocycles. The van der Waals surface area contributed by atoms with Crippen molar-refractivity contribution in [1.82, 2.24) is 15.3 Å². The van der Waals surface area contributed by atoms with Crippen LogP contribution in [0.4, 0.5) is 4.39 Å². The number of hydrogen-bond donors (Lipinski definition) is 1. The number of hydrogen-bond acceptors (Lipinski definition) is 5. The predicted octanol–water partition coefficient (Wildman–Crippen LogP) is 0.788. The normalized spacial score (nSPS) is 19.3. The maximum atomic E-state index is 13.6. The average Bonchev–Trinajstić information content (AvgIpc) is 2.24. The number of fused-ring (bicyclic) bond motifs is 1. The van der Waals surface area contributed by atoms with Crippen LogP contribution in [0, 0.1) is 6.92 Å². The summed E-state index contributed by atoms with van der Waals surface area (Å²) in [5.74, 6) is -1.61. The van der Waals surface area contributed by atoms with E-state index >= 15 is 0 Å². The van der Waals surface area contributed by atoms with Gasteiger partial charge in [0.15, 0.2) is 5.16 Å². The summed E-state index contributed by atoms with van der Waals surface area (Å²) >= 11 is 1.23. The third-order valence-electron chi connectivity index (χ3n) is 2.21. The fraction of sp³-hybridized carbons (Fsp3) is 0.333. The number of carbonyl (C=O) groups excluding carboxylic acids is 2. The highest BCUT2D eigenvalue weighted by Crippen LogP contribution is 2.27. The smallest absolute Gasteiger partial charge is 0.267 e. The van der Waals surface area contributed by atoms with Crippen molar-refractivity contribution in [3.8, 4) is 0 Å². The van der Waals surface area contributed by atoms with Gasteiger partial charge in [0.1, 0.15) is 5.69 Å². The third kappa shape index (κ3) is 1.57. The Labute approximate surface area is 94.9 Å². The van der Waals surface area contributed by atoms with Crippen LogP contribution in [0.1, 0.15) is 27.9 Å². The number of imide groups is 1. The molecule has 5 nitrogen and oxygen atoms in total. The third-order valence-corrected chi connectivity index (χ3v) is 2.76. The summed E-state index contributed by atoms with van der Waals surface area (Å²) < 4.78 is 13.6. The van der Waals surface area contributed by atoms with Gasteiger partial charge in [0.25, 0.3) is 11.8 Å². The minimum Gasteiger partial charge on any atom is -0.289 e. The lowest BCUT2D eigenvalue weighted by Gasteiger charge is -2.19. The molecule has 0 spiro atoms. The highest BCUT2D eigenvalue weighted by atomic mass is 32.2. The van der Waals surface area contributed by atoms with E-state index in [1.807, 2.05) is 5.32 Å². The number of alkyl halides is 1. The molecule has 0 radical (unpaired) electrons. The molecular formula is C9H8FN3O2S. The quantitative estimate of drug-likeness (QED) is 0.447. The number of nitrogens with one attached hydrogen (secondary N) is 1. The number of aryl methyl sites for hydroxylation is 1. The Balaban J connectivity index is 2.66. The second-order valence-electron chi connectivity index (χ2n) is 3.24. The zero-order valence-electron chi connectivity index (χ0n) is 8.57. The summed E-state index contributed by atoms with van der Waals surface area (Å²) in [6.07, 6.45) is -0.167. The van der Waals surface area contributed by atoms with Crippen LogP contribution >= 0.6 is 11.8 Å². The molecule has 84 valence electrons. The fourth-order valence-electron chi connectivity index (χ4n) is 1.49. The Morgan fingerprint density at radius 1 is 1.38 bits per heavy atom. The van der Waals surface area contributed by atoms with Crippen LogP contribution in [0.5, 0.6) is 0 Å². The van der Waals surface area contributed by atoms with Crippen molar-refractivity contribution in [1.29, 1.82) is 0 Å². The number of carbonyl (C=O) groups is 2. The van der Waals surface area contributed by atoms with Crippen molar-refractivity contribution in [2.45, 2.75) is 18.3 Å². The van der Waals surface area contributed by atoms with Crippen molar-refractivity contribution >= 4 is 23.6 Å². The molecule has 0 aliphatic carbocycles. The largest absolute Gasteiger partial charge is 0.289 e. The summed E-state index contributed by atoms with van der Waals surface area (Å²) in [7, 11) is 0. The van der Waals surface area contributed by atoms with Crippen LogP contribution in [0.25, 0.3) is 0 Å². The summed E-state index contributed by atoms with van der Waals surface area (Å²) in [6, 6.07) is 0. The van der Waals surface area contributed by atoms with Gasteiger partial charge in [-0.25, -0.2) is 14.4 Å². The van der Waals surface area contributed by atoms with E-state index in [1.165, 1.54) is 11.8 Å². The Morgan fingerprint density at radius 3 is 2.69 bits per heavy atom. The lowest BCUT2D eigenvalue weighted by atomic mass is 10.0. The molecule has 0 saturated heterocycles. The molecule has 1 aliphatic rings. The molecule has 7 heteroatoms. The van der Waals surface area contributed by atoms with E-state index in [0.717, 1.165) is 0 Å². The molecule has 1 aromatic rings. The Kier molecular flexibility index (Phi) is 2.63.